The van der Waals surface area contributed by atoms with Gasteiger partial charge in [0.05, 0.1) is 62.4 Å². The van der Waals surface area contributed by atoms with Gasteiger partial charge in [0.2, 0.25) is 23.6 Å². The van der Waals surface area contributed by atoms with Gasteiger partial charge in [0.1, 0.15) is 5.84 Å². The minimum absolute atomic E-state index is 0.00479. The molecule has 1 aromatic heterocycles. The average molecular weight is 881 g/mol. The Kier molecular flexibility index (Phi) is 15.4. The fourth-order valence-corrected chi connectivity index (χ4v) is 8.97. The third-order valence-corrected chi connectivity index (χ3v) is 12.7. The lowest BCUT2D eigenvalue weighted by Gasteiger charge is -2.30. The van der Waals surface area contributed by atoms with Crippen LogP contribution in [0.15, 0.2) is 53.2 Å². The van der Waals surface area contributed by atoms with E-state index in [4.69, 9.17) is 15.2 Å². The maximum atomic E-state index is 13.9. The summed E-state index contributed by atoms with van der Waals surface area (Å²) in [6.07, 6.45) is 12.2. The molecule has 17 heteroatoms. The standard InChI is InChI=1S/C47H60N8O9/c1-2-16-53(18-19-56)45(61)34-24-33-7-8-36(27-39(33)52-40(48)26-34)47(13-14-47)46(62)51-37-25-35-30-54(17-11-38(35)50-28-37)41(57)12-20-63-22-23-64-21-15-49-44(60)32-5-3-31(4-6-32)29-55-42(58)9-10-43(55)59/h7-10,24-25,27-28,31-32,56H,2-6,11-23,26,29-30H2,1H3,(H2,48,52)(H,49,60)(H,51,62). The third-order valence-electron chi connectivity index (χ3n) is 12.7. The highest BCUT2D eigenvalue weighted by Crippen LogP contribution is 2.50. The fraction of sp³-hybridized carbons (Fsp3) is 0.532. The zero-order chi connectivity index (χ0) is 45.2. The Hall–Kier alpha value is -5.78. The van der Waals surface area contributed by atoms with Crippen LogP contribution in [0, 0.1) is 11.8 Å². The zero-order valence-electron chi connectivity index (χ0n) is 36.6. The molecule has 4 heterocycles. The first kappa shape index (κ1) is 46.2. The first-order valence-corrected chi connectivity index (χ1v) is 22.6. The molecule has 0 radical (unpaired) electrons. The first-order chi connectivity index (χ1) is 31.0. The van der Waals surface area contributed by atoms with Gasteiger partial charge in [-0.15, -0.1) is 0 Å². The molecule has 5 aliphatic rings. The van der Waals surface area contributed by atoms with Crippen molar-refractivity contribution in [2.24, 2.45) is 22.6 Å². The minimum atomic E-state index is -0.742. The van der Waals surface area contributed by atoms with Crippen LogP contribution in [0.4, 0.5) is 11.4 Å². The number of nitrogens with one attached hydrogen (secondary N) is 2. The highest BCUT2D eigenvalue weighted by atomic mass is 16.5. The number of pyridine rings is 1. The van der Waals surface area contributed by atoms with Crippen molar-refractivity contribution in [2.45, 2.75) is 83.1 Å². The van der Waals surface area contributed by atoms with Gasteiger partial charge in [0, 0.05) is 87.0 Å². The van der Waals surface area contributed by atoms with Gasteiger partial charge in [-0.1, -0.05) is 19.1 Å². The molecule has 6 amide bonds. The predicted octanol–water partition coefficient (Wildman–Crippen LogP) is 2.91. The molecule has 2 aliphatic carbocycles. The second-order valence-corrected chi connectivity index (χ2v) is 17.3. The molecule has 5 N–H and O–H groups in total. The summed E-state index contributed by atoms with van der Waals surface area (Å²) in [6.45, 7) is 5.55. The molecule has 64 heavy (non-hydrogen) atoms. The molecule has 1 aromatic carbocycles. The monoisotopic (exact) mass is 880 g/mol. The molecular formula is C47H60N8O9. The lowest BCUT2D eigenvalue weighted by Crippen LogP contribution is -2.39. The number of rotatable bonds is 20. The molecular weight excluding hydrogens is 821 g/mol. The van der Waals surface area contributed by atoms with E-state index in [1.807, 2.05) is 31.2 Å². The molecule has 0 saturated heterocycles. The lowest BCUT2D eigenvalue weighted by molar-refractivity contribution is -0.138. The summed E-state index contributed by atoms with van der Waals surface area (Å²) in [5, 5.41) is 15.5. The SMILES string of the molecule is CCCN(CCO)C(=O)C1=Cc2ccc(C3(C(=O)Nc4cnc5c(c4)CN(C(=O)CCOCCOCCNC(=O)C4CCC(CN6C(=O)C=CC6=O)CC4)CC5)CC3)cc2N=C(N)C1. The third kappa shape index (κ3) is 11.3. The van der Waals surface area contributed by atoms with Gasteiger partial charge >= 0.3 is 0 Å². The smallest absolute Gasteiger partial charge is 0.253 e. The Morgan fingerprint density at radius 3 is 2.45 bits per heavy atom. The van der Waals surface area contributed by atoms with Crippen LogP contribution in [0.2, 0.25) is 0 Å². The number of aliphatic imine (C=N–C) groups is 1. The quantitative estimate of drug-likeness (QED) is 0.112. The van der Waals surface area contributed by atoms with E-state index in [-0.39, 0.29) is 79.9 Å². The number of nitrogens with zero attached hydrogens (tertiary/aromatic N) is 5. The maximum Gasteiger partial charge on any atom is 0.253 e. The maximum absolute atomic E-state index is 13.9. The van der Waals surface area contributed by atoms with Crippen LogP contribution in [-0.4, -0.2) is 132 Å². The summed E-state index contributed by atoms with van der Waals surface area (Å²) in [5.41, 5.74) is 10.5. The van der Waals surface area contributed by atoms with Gasteiger partial charge < -0.3 is 40.7 Å². The molecule has 7 rings (SSSR count). The fourth-order valence-electron chi connectivity index (χ4n) is 8.97. The van der Waals surface area contributed by atoms with Crippen LogP contribution in [0.3, 0.4) is 0 Å². The van der Waals surface area contributed by atoms with Crippen molar-refractivity contribution in [3.8, 4) is 0 Å². The van der Waals surface area contributed by atoms with Crippen molar-refractivity contribution < 1.29 is 43.3 Å². The number of anilines is 1. The lowest BCUT2D eigenvalue weighted by atomic mass is 9.81. The zero-order valence-corrected chi connectivity index (χ0v) is 36.6. The van der Waals surface area contributed by atoms with Crippen LogP contribution in [0.5, 0.6) is 0 Å². The van der Waals surface area contributed by atoms with Crippen LogP contribution in [0.1, 0.15) is 87.1 Å². The van der Waals surface area contributed by atoms with E-state index in [1.54, 1.807) is 22.1 Å². The van der Waals surface area contributed by atoms with E-state index < -0.39 is 5.41 Å². The first-order valence-electron chi connectivity index (χ1n) is 22.6. The van der Waals surface area contributed by atoms with Gasteiger partial charge in [0.25, 0.3) is 11.8 Å². The number of imide groups is 1. The Bertz CT molecular complexity index is 2170. The molecule has 0 atom stereocenters. The second-order valence-electron chi connectivity index (χ2n) is 17.3. The van der Waals surface area contributed by atoms with Crippen molar-refractivity contribution in [1.82, 2.24) is 25.0 Å². The van der Waals surface area contributed by atoms with Crippen LogP contribution >= 0.6 is 0 Å². The molecule has 2 fully saturated rings. The van der Waals surface area contributed by atoms with E-state index in [0.29, 0.717) is 94.6 Å². The number of aliphatic hydroxyl groups excluding tert-OH is 1. The van der Waals surface area contributed by atoms with E-state index in [9.17, 15) is 33.9 Å². The van der Waals surface area contributed by atoms with Crippen molar-refractivity contribution in [1.29, 1.82) is 0 Å². The number of hydrogen-bond acceptors (Lipinski definition) is 12. The highest BCUT2D eigenvalue weighted by molar-refractivity contribution is 6.13. The number of carbonyl (C=O) groups excluding carboxylic acids is 6. The van der Waals surface area contributed by atoms with Crippen LogP contribution in [-0.2, 0) is 56.6 Å². The Balaban J connectivity index is 0.806. The summed E-state index contributed by atoms with van der Waals surface area (Å²) in [7, 11) is 0. The van der Waals surface area contributed by atoms with Gasteiger partial charge in [-0.3, -0.25) is 38.7 Å². The Morgan fingerprint density at radius 2 is 1.73 bits per heavy atom. The summed E-state index contributed by atoms with van der Waals surface area (Å²) in [6, 6.07) is 7.56. The summed E-state index contributed by atoms with van der Waals surface area (Å²) >= 11 is 0. The second kappa shape index (κ2) is 21.3. The van der Waals surface area contributed by atoms with E-state index in [2.05, 4.69) is 20.6 Å². The number of benzene rings is 1. The minimum Gasteiger partial charge on any atom is -0.395 e. The Labute approximate surface area is 373 Å². The van der Waals surface area contributed by atoms with Crippen LogP contribution < -0.4 is 16.4 Å². The highest BCUT2D eigenvalue weighted by Gasteiger charge is 2.51. The molecule has 2 saturated carbocycles. The summed E-state index contributed by atoms with van der Waals surface area (Å²) in [4.78, 5) is 90.6. The number of ether oxygens (including phenoxy) is 2. The summed E-state index contributed by atoms with van der Waals surface area (Å²) < 4.78 is 11.3. The largest absolute Gasteiger partial charge is 0.395 e. The van der Waals surface area contributed by atoms with E-state index in [1.165, 1.54) is 17.1 Å². The van der Waals surface area contributed by atoms with Gasteiger partial charge in [-0.05, 0) is 80.2 Å². The number of aliphatic hydroxyl groups is 1. The number of nitrogens with two attached hydrogens (primary N) is 1. The van der Waals surface area contributed by atoms with E-state index in [0.717, 1.165) is 54.5 Å². The number of hydrogen-bond donors (Lipinski definition) is 4. The Morgan fingerprint density at radius 1 is 0.984 bits per heavy atom. The molecule has 0 unspecified atom stereocenters. The van der Waals surface area contributed by atoms with Crippen molar-refractivity contribution >= 4 is 58.7 Å². The molecule has 2 aromatic rings. The average Bonchev–Trinajstić information content (AvgIpc) is 4.08. The number of amides is 6. The topological polar surface area (TPSA) is 226 Å². The van der Waals surface area contributed by atoms with Gasteiger partial charge in [0.15, 0.2) is 0 Å². The van der Waals surface area contributed by atoms with Crippen molar-refractivity contribution in [2.75, 3.05) is 71.1 Å². The summed E-state index contributed by atoms with van der Waals surface area (Å²) in [5.74, 6) is -0.474. The molecule has 0 spiro atoms. The molecule has 3 aliphatic heterocycles. The number of carbonyl (C=O) groups is 6. The van der Waals surface area contributed by atoms with Gasteiger partial charge in [-0.25, -0.2) is 4.99 Å². The van der Waals surface area contributed by atoms with E-state index >= 15 is 0 Å². The van der Waals surface area contributed by atoms with Gasteiger partial charge in [-0.2, -0.15) is 0 Å². The molecule has 342 valence electrons. The predicted molar refractivity (Wildman–Crippen MR) is 238 cm³/mol. The van der Waals surface area contributed by atoms with Crippen molar-refractivity contribution in [3.63, 3.8) is 0 Å². The molecule has 0 bridgehead atoms. The number of fused-ring (bicyclic) bond motifs is 2. The molecule has 17 nitrogen and oxygen atoms in total. The number of aromatic nitrogens is 1. The van der Waals surface area contributed by atoms with Crippen molar-refractivity contribution in [3.05, 3.63) is 70.6 Å². The normalized spacial score (nSPS) is 19.8. The number of amidine groups is 1. The van der Waals surface area contributed by atoms with Crippen LogP contribution in [0.25, 0.3) is 6.08 Å².